The molecule has 1 unspecified atom stereocenters. The van der Waals surface area contributed by atoms with Gasteiger partial charge in [0.1, 0.15) is 0 Å². The predicted octanol–water partition coefficient (Wildman–Crippen LogP) is 10.9. The van der Waals surface area contributed by atoms with E-state index in [1.807, 2.05) is 6.07 Å². The molecule has 0 heterocycles. The van der Waals surface area contributed by atoms with E-state index in [1.54, 1.807) is 0 Å². The molecule has 0 aromatic heterocycles. The number of aryl methyl sites for hydroxylation is 1. The van der Waals surface area contributed by atoms with Gasteiger partial charge in [0.05, 0.1) is 11.1 Å². The minimum Gasteiger partial charge on any atom is -0.253 e. The summed E-state index contributed by atoms with van der Waals surface area (Å²) in [6.07, 6.45) is 0. The molecule has 2 heteroatoms. The van der Waals surface area contributed by atoms with E-state index in [9.17, 15) is 0 Å². The van der Waals surface area contributed by atoms with E-state index >= 15 is 0 Å². The lowest BCUT2D eigenvalue weighted by atomic mass is 9.70. The number of hydrogen-bond donors (Lipinski definition) is 0. The van der Waals surface area contributed by atoms with Crippen LogP contribution in [0.5, 0.6) is 0 Å². The molecule has 0 saturated carbocycles. The highest BCUT2D eigenvalue weighted by atomic mass is 79.9. The standard InChI is InChI=1S/C40H28BrN/c1-25-9-3-8-14-39(25)42-26(2)27-15-17-28(18-16-27)29-19-21-33-31-10-4-6-12-35(31)40(37(33)23-29)36-13-7-5-11-32(36)34-22-20-30(41)24-38(34)40/h3-24H,1-2H3/b42-26+. The van der Waals surface area contributed by atoms with E-state index in [4.69, 9.17) is 4.99 Å². The number of nitrogens with zero attached hydrogens (tertiary/aromatic N) is 1. The second kappa shape index (κ2) is 9.51. The molecule has 0 N–H and O–H groups in total. The van der Waals surface area contributed by atoms with Gasteiger partial charge < -0.3 is 0 Å². The first-order valence-electron chi connectivity index (χ1n) is 14.4. The SMILES string of the molecule is C/C(=N\c1ccccc1C)c1ccc(-c2ccc3c(c2)C2(c4ccccc4-c4ccc(Br)cc42)c2ccccc2-3)cc1. The van der Waals surface area contributed by atoms with Gasteiger partial charge in [0, 0.05) is 10.2 Å². The molecule has 6 aromatic rings. The van der Waals surface area contributed by atoms with Crippen LogP contribution in [0.2, 0.25) is 0 Å². The maximum Gasteiger partial charge on any atom is 0.0726 e. The zero-order valence-electron chi connectivity index (χ0n) is 23.5. The van der Waals surface area contributed by atoms with Crippen molar-refractivity contribution in [2.75, 3.05) is 0 Å². The molecule has 8 rings (SSSR count). The van der Waals surface area contributed by atoms with Crippen molar-refractivity contribution >= 4 is 27.3 Å². The summed E-state index contributed by atoms with van der Waals surface area (Å²) in [4.78, 5) is 4.91. The summed E-state index contributed by atoms with van der Waals surface area (Å²) in [7, 11) is 0. The number of rotatable bonds is 3. The first-order valence-corrected chi connectivity index (χ1v) is 15.2. The lowest BCUT2D eigenvalue weighted by molar-refractivity contribution is 0.793. The van der Waals surface area contributed by atoms with Gasteiger partial charge in [-0.25, -0.2) is 0 Å². The summed E-state index contributed by atoms with van der Waals surface area (Å²) in [5, 5.41) is 0. The van der Waals surface area contributed by atoms with Crippen LogP contribution in [0.4, 0.5) is 5.69 Å². The van der Waals surface area contributed by atoms with Gasteiger partial charge in [-0.3, -0.25) is 4.99 Å². The highest BCUT2D eigenvalue weighted by Gasteiger charge is 2.51. The third kappa shape index (κ3) is 3.58. The second-order valence-electron chi connectivity index (χ2n) is 11.4. The van der Waals surface area contributed by atoms with Gasteiger partial charge in [-0.15, -0.1) is 0 Å². The Bertz CT molecular complexity index is 2050. The van der Waals surface area contributed by atoms with Crippen molar-refractivity contribution in [3.05, 3.63) is 171 Å². The number of para-hydroxylation sites is 1. The summed E-state index contributed by atoms with van der Waals surface area (Å²) in [6.45, 7) is 4.19. The van der Waals surface area contributed by atoms with E-state index in [0.717, 1.165) is 21.4 Å². The minimum absolute atomic E-state index is 0.353. The fourth-order valence-electron chi connectivity index (χ4n) is 7.13. The highest BCUT2D eigenvalue weighted by Crippen LogP contribution is 2.63. The summed E-state index contributed by atoms with van der Waals surface area (Å²) in [5.41, 5.74) is 17.1. The molecule has 2 aliphatic rings. The van der Waals surface area contributed by atoms with Gasteiger partial charge in [0.15, 0.2) is 0 Å². The molecular formula is C40H28BrN. The summed E-state index contributed by atoms with van der Waals surface area (Å²) >= 11 is 3.80. The van der Waals surface area contributed by atoms with Gasteiger partial charge in [-0.1, -0.05) is 125 Å². The van der Waals surface area contributed by atoms with E-state index in [2.05, 4.69) is 157 Å². The average Bonchev–Trinajstić information content (AvgIpc) is 3.48. The fourth-order valence-corrected chi connectivity index (χ4v) is 7.49. The summed E-state index contributed by atoms with van der Waals surface area (Å²) < 4.78 is 1.11. The second-order valence-corrected chi connectivity index (χ2v) is 12.3. The van der Waals surface area contributed by atoms with Gasteiger partial charge in [-0.2, -0.15) is 0 Å². The Labute approximate surface area is 255 Å². The quantitative estimate of drug-likeness (QED) is 0.178. The smallest absolute Gasteiger partial charge is 0.0726 e. The maximum atomic E-state index is 4.91. The molecule has 42 heavy (non-hydrogen) atoms. The van der Waals surface area contributed by atoms with Crippen molar-refractivity contribution in [3.63, 3.8) is 0 Å². The Morgan fingerprint density at radius 2 is 1.10 bits per heavy atom. The first kappa shape index (κ1) is 25.2. The minimum atomic E-state index is -0.353. The van der Waals surface area contributed by atoms with Crippen LogP contribution >= 0.6 is 15.9 Å². The Balaban J connectivity index is 1.29. The summed E-state index contributed by atoms with van der Waals surface area (Å²) in [5.74, 6) is 0. The van der Waals surface area contributed by atoms with Crippen LogP contribution in [-0.4, -0.2) is 5.71 Å². The van der Waals surface area contributed by atoms with E-state index < -0.39 is 0 Å². The van der Waals surface area contributed by atoms with Crippen molar-refractivity contribution < 1.29 is 0 Å². The van der Waals surface area contributed by atoms with E-state index in [0.29, 0.717) is 0 Å². The highest BCUT2D eigenvalue weighted by molar-refractivity contribution is 9.10. The van der Waals surface area contributed by atoms with Crippen molar-refractivity contribution in [3.8, 4) is 33.4 Å². The largest absolute Gasteiger partial charge is 0.253 e. The molecule has 6 aromatic carbocycles. The van der Waals surface area contributed by atoms with Gasteiger partial charge >= 0.3 is 0 Å². The van der Waals surface area contributed by atoms with Crippen LogP contribution in [0, 0.1) is 6.92 Å². The molecule has 200 valence electrons. The van der Waals surface area contributed by atoms with Crippen LogP contribution < -0.4 is 0 Å². The number of aliphatic imine (C=N–C) groups is 1. The third-order valence-electron chi connectivity index (χ3n) is 9.09. The molecule has 1 nitrogen and oxygen atoms in total. The normalized spacial score (nSPS) is 16.2. The average molecular weight is 603 g/mol. The van der Waals surface area contributed by atoms with E-state index in [-0.39, 0.29) is 5.41 Å². The lowest BCUT2D eigenvalue weighted by Gasteiger charge is -2.30. The van der Waals surface area contributed by atoms with Crippen molar-refractivity contribution in [2.24, 2.45) is 4.99 Å². The summed E-state index contributed by atoms with van der Waals surface area (Å²) in [6, 6.07) is 48.9. The Hall–Kier alpha value is -4.53. The van der Waals surface area contributed by atoms with Gasteiger partial charge in [-0.05, 0) is 105 Å². The number of halogens is 1. The molecule has 1 atom stereocenters. The number of benzene rings is 6. The van der Waals surface area contributed by atoms with E-state index in [1.165, 1.54) is 61.2 Å². The molecule has 1 spiro atoms. The molecule has 0 aliphatic heterocycles. The fraction of sp³-hybridized carbons (Fsp3) is 0.0750. The molecule has 0 fully saturated rings. The monoisotopic (exact) mass is 601 g/mol. The molecule has 0 saturated heterocycles. The Morgan fingerprint density at radius 3 is 1.79 bits per heavy atom. The van der Waals surface area contributed by atoms with Crippen LogP contribution in [-0.2, 0) is 5.41 Å². The third-order valence-corrected chi connectivity index (χ3v) is 9.58. The van der Waals surface area contributed by atoms with Crippen molar-refractivity contribution in [1.29, 1.82) is 0 Å². The molecule has 0 bridgehead atoms. The lowest BCUT2D eigenvalue weighted by Crippen LogP contribution is -2.25. The van der Waals surface area contributed by atoms with Gasteiger partial charge in [0.25, 0.3) is 0 Å². The number of fused-ring (bicyclic) bond motifs is 10. The first-order chi connectivity index (χ1) is 20.6. The van der Waals surface area contributed by atoms with Crippen molar-refractivity contribution in [1.82, 2.24) is 0 Å². The van der Waals surface area contributed by atoms with Crippen molar-refractivity contribution in [2.45, 2.75) is 19.3 Å². The van der Waals surface area contributed by atoms with Crippen LogP contribution in [0.1, 0.15) is 40.3 Å². The Kier molecular flexibility index (Phi) is 5.70. The maximum absolute atomic E-state index is 4.91. The predicted molar refractivity (Wildman–Crippen MR) is 179 cm³/mol. The zero-order valence-corrected chi connectivity index (χ0v) is 25.1. The van der Waals surface area contributed by atoms with Crippen LogP contribution in [0.15, 0.2) is 143 Å². The molecule has 0 amide bonds. The molecule has 0 radical (unpaired) electrons. The van der Waals surface area contributed by atoms with Crippen LogP contribution in [0.25, 0.3) is 33.4 Å². The molecular weight excluding hydrogens is 574 g/mol. The number of hydrogen-bond acceptors (Lipinski definition) is 1. The van der Waals surface area contributed by atoms with Crippen LogP contribution in [0.3, 0.4) is 0 Å². The molecule has 2 aliphatic carbocycles. The Morgan fingerprint density at radius 1 is 0.548 bits per heavy atom. The van der Waals surface area contributed by atoms with Gasteiger partial charge in [0.2, 0.25) is 0 Å². The zero-order chi connectivity index (χ0) is 28.4. The topological polar surface area (TPSA) is 12.4 Å².